The molecule has 2 aliphatic rings. The summed E-state index contributed by atoms with van der Waals surface area (Å²) in [5.41, 5.74) is 1.47. The molecule has 0 aliphatic carbocycles. The van der Waals surface area contributed by atoms with E-state index in [2.05, 4.69) is 5.32 Å². The van der Waals surface area contributed by atoms with Crippen molar-refractivity contribution in [2.24, 2.45) is 0 Å². The second kappa shape index (κ2) is 9.72. The van der Waals surface area contributed by atoms with E-state index in [-0.39, 0.29) is 27.7 Å². The SMILES string of the molecule is COC(=O)C1=C(C)N(c2ccc3c(c2)OCCO3)C(=S)NC1c1cccc(OC)c1OC(F)F. The van der Waals surface area contributed by atoms with Crippen molar-refractivity contribution in [2.45, 2.75) is 19.6 Å². The van der Waals surface area contributed by atoms with Gasteiger partial charge in [-0.05, 0) is 37.3 Å². The number of allylic oxidation sites excluding steroid dienone is 1. The van der Waals surface area contributed by atoms with Gasteiger partial charge in [0, 0.05) is 17.3 Å². The maximum Gasteiger partial charge on any atom is 0.387 e. The lowest BCUT2D eigenvalue weighted by atomic mass is 9.93. The van der Waals surface area contributed by atoms with E-state index in [1.165, 1.54) is 20.3 Å². The summed E-state index contributed by atoms with van der Waals surface area (Å²) in [6, 6.07) is 8.98. The molecular weight excluding hydrogens is 470 g/mol. The zero-order chi connectivity index (χ0) is 24.4. The summed E-state index contributed by atoms with van der Waals surface area (Å²) in [4.78, 5) is 14.6. The maximum absolute atomic E-state index is 13.2. The van der Waals surface area contributed by atoms with Gasteiger partial charge in [0.2, 0.25) is 0 Å². The Labute approximate surface area is 200 Å². The van der Waals surface area contributed by atoms with Crippen molar-refractivity contribution in [1.29, 1.82) is 0 Å². The minimum atomic E-state index is -3.11. The predicted octanol–water partition coefficient (Wildman–Crippen LogP) is 3.95. The average molecular weight is 493 g/mol. The highest BCUT2D eigenvalue weighted by molar-refractivity contribution is 7.80. The second-order valence-corrected chi connectivity index (χ2v) is 7.68. The first-order chi connectivity index (χ1) is 16.3. The van der Waals surface area contributed by atoms with Crippen LogP contribution in [0.15, 0.2) is 47.7 Å². The van der Waals surface area contributed by atoms with Gasteiger partial charge in [-0.1, -0.05) is 12.1 Å². The van der Waals surface area contributed by atoms with Crippen LogP contribution in [0.5, 0.6) is 23.0 Å². The van der Waals surface area contributed by atoms with Crippen LogP contribution >= 0.6 is 12.2 Å². The van der Waals surface area contributed by atoms with Gasteiger partial charge in [-0.2, -0.15) is 8.78 Å². The number of nitrogens with zero attached hydrogens (tertiary/aromatic N) is 1. The number of methoxy groups -OCH3 is 2. The van der Waals surface area contributed by atoms with Gasteiger partial charge in [0.05, 0.1) is 31.5 Å². The molecule has 0 fully saturated rings. The summed E-state index contributed by atoms with van der Waals surface area (Å²) in [7, 11) is 2.57. The topological polar surface area (TPSA) is 78.5 Å². The largest absolute Gasteiger partial charge is 0.493 e. The number of nitrogens with one attached hydrogen (secondary N) is 1. The molecule has 1 N–H and O–H groups in total. The van der Waals surface area contributed by atoms with E-state index in [1.54, 1.807) is 42.2 Å². The van der Waals surface area contributed by atoms with Crippen LogP contribution in [0, 0.1) is 0 Å². The number of hydrogen-bond acceptors (Lipinski definition) is 7. The fourth-order valence-corrected chi connectivity index (χ4v) is 4.33. The Kier molecular flexibility index (Phi) is 6.73. The number of halogens is 2. The molecule has 0 radical (unpaired) electrons. The van der Waals surface area contributed by atoms with E-state index < -0.39 is 18.6 Å². The standard InChI is InChI=1S/C23H22F2N2O6S/c1-12-18(21(28)30-3)19(14-5-4-6-16(29-2)20(14)33-22(24)25)26-23(34)27(12)13-7-8-15-17(11-13)32-10-9-31-15/h4-8,11,19,22H,9-10H2,1-3H3,(H,26,34). The first-order valence-electron chi connectivity index (χ1n) is 10.3. The molecule has 0 saturated heterocycles. The fourth-order valence-electron chi connectivity index (χ4n) is 3.97. The number of ether oxygens (including phenoxy) is 5. The number of thiocarbonyl (C=S) groups is 1. The zero-order valence-electron chi connectivity index (χ0n) is 18.6. The Hall–Kier alpha value is -3.60. The molecule has 8 nitrogen and oxygen atoms in total. The number of fused-ring (bicyclic) bond motifs is 1. The number of esters is 1. The number of rotatable bonds is 6. The lowest BCUT2D eigenvalue weighted by Gasteiger charge is -2.38. The minimum absolute atomic E-state index is 0.0849. The number of anilines is 1. The molecule has 1 unspecified atom stereocenters. The van der Waals surface area contributed by atoms with Crippen molar-refractivity contribution < 1.29 is 37.3 Å². The summed E-state index contributed by atoms with van der Waals surface area (Å²) >= 11 is 5.62. The third-order valence-electron chi connectivity index (χ3n) is 5.42. The van der Waals surface area contributed by atoms with Crippen molar-refractivity contribution >= 4 is 29.0 Å². The molecular formula is C23H22F2N2O6S. The molecule has 11 heteroatoms. The van der Waals surface area contributed by atoms with Gasteiger partial charge in [-0.3, -0.25) is 4.90 Å². The molecule has 180 valence electrons. The van der Waals surface area contributed by atoms with E-state index in [0.29, 0.717) is 36.1 Å². The zero-order valence-corrected chi connectivity index (χ0v) is 19.4. The van der Waals surface area contributed by atoms with Crippen molar-refractivity contribution in [1.82, 2.24) is 5.32 Å². The summed E-state index contributed by atoms with van der Waals surface area (Å²) < 4.78 is 52.7. The highest BCUT2D eigenvalue weighted by Crippen LogP contribution is 2.43. The summed E-state index contributed by atoms with van der Waals surface area (Å²) in [6.45, 7) is -0.554. The quantitative estimate of drug-likeness (QED) is 0.476. The van der Waals surface area contributed by atoms with E-state index in [9.17, 15) is 13.6 Å². The van der Waals surface area contributed by atoms with E-state index in [0.717, 1.165) is 0 Å². The highest BCUT2D eigenvalue weighted by Gasteiger charge is 2.38. The molecule has 2 aromatic rings. The lowest BCUT2D eigenvalue weighted by Crippen LogP contribution is -2.48. The molecule has 0 bridgehead atoms. The smallest absolute Gasteiger partial charge is 0.387 e. The van der Waals surface area contributed by atoms with E-state index in [1.807, 2.05) is 0 Å². The second-order valence-electron chi connectivity index (χ2n) is 7.29. The van der Waals surface area contributed by atoms with Crippen LogP contribution in [0.25, 0.3) is 0 Å². The van der Waals surface area contributed by atoms with Crippen LogP contribution in [0.4, 0.5) is 14.5 Å². The Bertz CT molecular complexity index is 1160. The number of para-hydroxylation sites is 1. The molecule has 0 aromatic heterocycles. The third kappa shape index (κ3) is 4.30. The number of carbonyl (C=O) groups is 1. The Morgan fingerprint density at radius 2 is 1.91 bits per heavy atom. The fraction of sp³-hybridized carbons (Fsp3) is 0.304. The number of hydrogen-bond donors (Lipinski definition) is 1. The van der Waals surface area contributed by atoms with Crippen molar-refractivity contribution in [3.63, 3.8) is 0 Å². The minimum Gasteiger partial charge on any atom is -0.493 e. The first-order valence-corrected chi connectivity index (χ1v) is 10.7. The molecule has 0 amide bonds. The van der Waals surface area contributed by atoms with Crippen LogP contribution < -0.4 is 29.2 Å². The average Bonchev–Trinajstić information content (AvgIpc) is 2.83. The lowest BCUT2D eigenvalue weighted by molar-refractivity contribution is -0.136. The molecule has 4 rings (SSSR count). The van der Waals surface area contributed by atoms with Gasteiger partial charge in [0.1, 0.15) is 13.2 Å². The Balaban J connectivity index is 1.84. The van der Waals surface area contributed by atoms with Gasteiger partial charge >= 0.3 is 12.6 Å². The predicted molar refractivity (Wildman–Crippen MR) is 123 cm³/mol. The summed E-state index contributed by atoms with van der Waals surface area (Å²) in [5.74, 6) is 0.361. The molecule has 34 heavy (non-hydrogen) atoms. The first kappa shape index (κ1) is 23.6. The van der Waals surface area contributed by atoms with Crippen LogP contribution in [0.2, 0.25) is 0 Å². The van der Waals surface area contributed by atoms with Crippen LogP contribution in [-0.2, 0) is 9.53 Å². The normalized spacial score (nSPS) is 17.4. The molecule has 0 saturated carbocycles. The summed E-state index contributed by atoms with van der Waals surface area (Å²) in [6.07, 6.45) is 0. The molecule has 2 aliphatic heterocycles. The number of alkyl halides is 2. The Morgan fingerprint density at radius 3 is 2.59 bits per heavy atom. The van der Waals surface area contributed by atoms with Crippen molar-refractivity contribution in [3.8, 4) is 23.0 Å². The number of benzene rings is 2. The van der Waals surface area contributed by atoms with Gasteiger partial charge in [-0.25, -0.2) is 4.79 Å². The molecule has 1 atom stereocenters. The van der Waals surface area contributed by atoms with Crippen LogP contribution in [0.1, 0.15) is 18.5 Å². The van der Waals surface area contributed by atoms with Crippen LogP contribution in [-0.4, -0.2) is 45.1 Å². The molecule has 0 spiro atoms. The Morgan fingerprint density at radius 1 is 1.18 bits per heavy atom. The van der Waals surface area contributed by atoms with Crippen LogP contribution in [0.3, 0.4) is 0 Å². The van der Waals surface area contributed by atoms with Crippen molar-refractivity contribution in [3.05, 3.63) is 53.2 Å². The van der Waals surface area contributed by atoms with Gasteiger partial charge in [-0.15, -0.1) is 0 Å². The van der Waals surface area contributed by atoms with E-state index >= 15 is 0 Å². The van der Waals surface area contributed by atoms with Crippen molar-refractivity contribution in [2.75, 3.05) is 32.3 Å². The van der Waals surface area contributed by atoms with Gasteiger partial charge < -0.3 is 29.0 Å². The molecule has 2 aromatic carbocycles. The maximum atomic E-state index is 13.2. The van der Waals surface area contributed by atoms with Gasteiger partial charge in [0.25, 0.3) is 0 Å². The monoisotopic (exact) mass is 492 g/mol. The third-order valence-corrected chi connectivity index (χ3v) is 5.72. The van der Waals surface area contributed by atoms with E-state index in [4.69, 9.17) is 35.9 Å². The highest BCUT2D eigenvalue weighted by atomic mass is 32.1. The van der Waals surface area contributed by atoms with Gasteiger partial charge in [0.15, 0.2) is 28.1 Å². The summed E-state index contributed by atoms with van der Waals surface area (Å²) in [5, 5.41) is 3.30. The molecule has 2 heterocycles. The number of carbonyl (C=O) groups excluding carboxylic acids is 1.